The molecule has 1 aliphatic rings. The fourth-order valence-corrected chi connectivity index (χ4v) is 2.69. The number of carbonyl (C=O) groups is 3. The minimum Gasteiger partial charge on any atom is -0.289 e. The van der Waals surface area contributed by atoms with Crippen molar-refractivity contribution in [1.82, 2.24) is 0 Å². The van der Waals surface area contributed by atoms with Gasteiger partial charge in [-0.25, -0.2) is 4.90 Å². The lowest BCUT2D eigenvalue weighted by atomic mass is 10.0. The van der Waals surface area contributed by atoms with E-state index in [9.17, 15) is 14.4 Å². The number of anilines is 1. The van der Waals surface area contributed by atoms with E-state index in [1.54, 1.807) is 30.3 Å². The molecule has 0 N–H and O–H groups in total. The van der Waals surface area contributed by atoms with Crippen LogP contribution in [-0.2, 0) is 9.59 Å². The Morgan fingerprint density at radius 2 is 1.46 bits per heavy atom. The van der Waals surface area contributed by atoms with Gasteiger partial charge in [0.2, 0.25) is 0 Å². The molecule has 1 aliphatic heterocycles. The third-order valence-electron chi connectivity index (χ3n) is 4.25. The van der Waals surface area contributed by atoms with E-state index in [-0.39, 0.29) is 17.6 Å². The molecule has 0 radical (unpaired) electrons. The SMILES string of the molecule is CC(C)c1ccc(C=CC(=O)c2ccc(N3C(=O)C=CC3=O)cc2)cc1. The molecule has 0 saturated heterocycles. The quantitative estimate of drug-likeness (QED) is 0.465. The summed E-state index contributed by atoms with van der Waals surface area (Å²) in [7, 11) is 0. The van der Waals surface area contributed by atoms with Crippen molar-refractivity contribution in [2.45, 2.75) is 19.8 Å². The molecule has 130 valence electrons. The molecule has 0 atom stereocenters. The number of allylic oxidation sites excluding steroid dienone is 1. The van der Waals surface area contributed by atoms with Crippen LogP contribution >= 0.6 is 0 Å². The molecule has 0 saturated carbocycles. The van der Waals surface area contributed by atoms with E-state index in [2.05, 4.69) is 26.0 Å². The fourth-order valence-electron chi connectivity index (χ4n) is 2.69. The summed E-state index contributed by atoms with van der Waals surface area (Å²) in [6.07, 6.45) is 5.76. The van der Waals surface area contributed by atoms with Crippen LogP contribution in [-0.4, -0.2) is 17.6 Å². The number of imide groups is 1. The van der Waals surface area contributed by atoms with Crippen LogP contribution in [0.4, 0.5) is 5.69 Å². The van der Waals surface area contributed by atoms with Crippen LogP contribution < -0.4 is 4.90 Å². The largest absolute Gasteiger partial charge is 0.289 e. The van der Waals surface area contributed by atoms with Crippen LogP contribution in [0.2, 0.25) is 0 Å². The summed E-state index contributed by atoms with van der Waals surface area (Å²) >= 11 is 0. The standard InChI is InChI=1S/C22H19NO3/c1-15(2)17-6-3-16(4-7-17)5-12-20(24)18-8-10-19(11-9-18)23-21(25)13-14-22(23)26/h3-15H,1-2H3. The predicted molar refractivity (Wildman–Crippen MR) is 102 cm³/mol. The van der Waals surface area contributed by atoms with Gasteiger partial charge in [0.1, 0.15) is 0 Å². The Kier molecular flexibility index (Phi) is 4.94. The molecule has 1 heterocycles. The van der Waals surface area contributed by atoms with E-state index in [1.165, 1.54) is 23.8 Å². The van der Waals surface area contributed by atoms with Gasteiger partial charge in [-0.15, -0.1) is 0 Å². The molecule has 4 nitrogen and oxygen atoms in total. The van der Waals surface area contributed by atoms with Crippen molar-refractivity contribution in [1.29, 1.82) is 0 Å². The van der Waals surface area contributed by atoms with E-state index < -0.39 is 0 Å². The molecule has 2 aromatic rings. The molecule has 0 bridgehead atoms. The third kappa shape index (κ3) is 3.70. The lowest BCUT2D eigenvalue weighted by Crippen LogP contribution is -2.29. The molecule has 0 fully saturated rings. The smallest absolute Gasteiger partial charge is 0.258 e. The van der Waals surface area contributed by atoms with E-state index >= 15 is 0 Å². The van der Waals surface area contributed by atoms with Crippen molar-refractivity contribution in [2.75, 3.05) is 4.90 Å². The third-order valence-corrected chi connectivity index (χ3v) is 4.25. The zero-order valence-corrected chi connectivity index (χ0v) is 14.7. The van der Waals surface area contributed by atoms with Gasteiger partial charge < -0.3 is 0 Å². The Morgan fingerprint density at radius 1 is 0.885 bits per heavy atom. The summed E-state index contributed by atoms with van der Waals surface area (Å²) in [5.41, 5.74) is 3.16. The highest BCUT2D eigenvalue weighted by Crippen LogP contribution is 2.20. The molecular weight excluding hydrogens is 326 g/mol. The summed E-state index contributed by atoms with van der Waals surface area (Å²) in [4.78, 5) is 36.7. The van der Waals surface area contributed by atoms with E-state index in [1.807, 2.05) is 12.1 Å². The number of ketones is 1. The number of amides is 2. The van der Waals surface area contributed by atoms with E-state index in [0.717, 1.165) is 10.5 Å². The molecule has 0 unspecified atom stereocenters. The van der Waals surface area contributed by atoms with Crippen LogP contribution in [0.15, 0.2) is 66.8 Å². The highest BCUT2D eigenvalue weighted by molar-refractivity contribution is 6.28. The summed E-state index contributed by atoms with van der Waals surface area (Å²) in [5, 5.41) is 0. The van der Waals surface area contributed by atoms with Gasteiger partial charge in [0.25, 0.3) is 11.8 Å². The fraction of sp³-hybridized carbons (Fsp3) is 0.136. The normalized spacial score (nSPS) is 14.0. The molecule has 0 spiro atoms. The average molecular weight is 345 g/mol. The second kappa shape index (κ2) is 7.31. The molecule has 26 heavy (non-hydrogen) atoms. The summed E-state index contributed by atoms with van der Waals surface area (Å²) in [6, 6.07) is 14.5. The van der Waals surface area contributed by atoms with Crippen molar-refractivity contribution < 1.29 is 14.4 Å². The molecular formula is C22H19NO3. The van der Waals surface area contributed by atoms with Gasteiger partial charge in [-0.1, -0.05) is 44.2 Å². The molecule has 0 aliphatic carbocycles. The van der Waals surface area contributed by atoms with Gasteiger partial charge in [0.05, 0.1) is 5.69 Å². The number of hydrogen-bond acceptors (Lipinski definition) is 3. The summed E-state index contributed by atoms with van der Waals surface area (Å²) in [6.45, 7) is 4.27. The first-order chi connectivity index (χ1) is 12.5. The molecule has 4 heteroatoms. The van der Waals surface area contributed by atoms with Gasteiger partial charge in [-0.2, -0.15) is 0 Å². The minimum atomic E-state index is -0.376. The number of carbonyl (C=O) groups excluding carboxylic acids is 3. The monoisotopic (exact) mass is 345 g/mol. The van der Waals surface area contributed by atoms with E-state index in [4.69, 9.17) is 0 Å². The molecule has 2 aromatic carbocycles. The Labute approximate surface area is 152 Å². The number of nitrogens with zero attached hydrogens (tertiary/aromatic N) is 1. The average Bonchev–Trinajstić information content (AvgIpc) is 2.98. The second-order valence-corrected chi connectivity index (χ2v) is 6.41. The number of hydrogen-bond donors (Lipinski definition) is 0. The van der Waals surface area contributed by atoms with Crippen molar-refractivity contribution in [3.05, 3.63) is 83.4 Å². The Hall–Kier alpha value is -3.27. The van der Waals surface area contributed by atoms with Gasteiger partial charge >= 0.3 is 0 Å². The van der Waals surface area contributed by atoms with Crippen molar-refractivity contribution in [2.24, 2.45) is 0 Å². The molecule has 0 aromatic heterocycles. The van der Waals surface area contributed by atoms with Crippen molar-refractivity contribution >= 4 is 29.4 Å². The number of rotatable bonds is 5. The summed E-state index contributed by atoms with van der Waals surface area (Å²) in [5.74, 6) is -0.419. The van der Waals surface area contributed by atoms with Crippen LogP contribution in [0, 0.1) is 0 Å². The minimum absolute atomic E-state index is 0.137. The predicted octanol–water partition coefficient (Wildman–Crippen LogP) is 4.14. The molecule has 2 amide bonds. The van der Waals surface area contributed by atoms with Crippen molar-refractivity contribution in [3.63, 3.8) is 0 Å². The Bertz CT molecular complexity index is 885. The second-order valence-electron chi connectivity index (χ2n) is 6.41. The Morgan fingerprint density at radius 3 is 2.00 bits per heavy atom. The van der Waals surface area contributed by atoms with Gasteiger partial charge in [-0.05, 0) is 47.4 Å². The zero-order chi connectivity index (χ0) is 18.7. The van der Waals surface area contributed by atoms with Crippen LogP contribution in [0.1, 0.15) is 41.3 Å². The van der Waals surface area contributed by atoms with Gasteiger partial charge in [0, 0.05) is 17.7 Å². The lowest BCUT2D eigenvalue weighted by Gasteiger charge is -2.13. The maximum absolute atomic E-state index is 12.3. The van der Waals surface area contributed by atoms with Crippen LogP contribution in [0.5, 0.6) is 0 Å². The van der Waals surface area contributed by atoms with Gasteiger partial charge in [-0.3, -0.25) is 14.4 Å². The van der Waals surface area contributed by atoms with Crippen LogP contribution in [0.3, 0.4) is 0 Å². The summed E-state index contributed by atoms with van der Waals surface area (Å²) < 4.78 is 0. The zero-order valence-electron chi connectivity index (χ0n) is 14.7. The highest BCUT2D eigenvalue weighted by atomic mass is 16.2. The maximum Gasteiger partial charge on any atom is 0.258 e. The van der Waals surface area contributed by atoms with Gasteiger partial charge in [0.15, 0.2) is 5.78 Å². The molecule has 3 rings (SSSR count). The first kappa shape index (κ1) is 17.5. The Balaban J connectivity index is 1.70. The first-order valence-electron chi connectivity index (χ1n) is 8.44. The number of benzene rings is 2. The van der Waals surface area contributed by atoms with Crippen LogP contribution in [0.25, 0.3) is 6.08 Å². The topological polar surface area (TPSA) is 54.5 Å². The lowest BCUT2D eigenvalue weighted by molar-refractivity contribution is -0.119. The highest BCUT2D eigenvalue weighted by Gasteiger charge is 2.24. The first-order valence-corrected chi connectivity index (χ1v) is 8.44. The van der Waals surface area contributed by atoms with E-state index in [0.29, 0.717) is 17.2 Å². The maximum atomic E-state index is 12.3. The van der Waals surface area contributed by atoms with Crippen molar-refractivity contribution in [3.8, 4) is 0 Å².